The molecule has 1 radical (unpaired) electrons. The maximum Gasteiger partial charge on any atom is 0.134 e. The Bertz CT molecular complexity index is 573. The summed E-state index contributed by atoms with van der Waals surface area (Å²) in [5.74, 6) is 1.60. The molecule has 99 valence electrons. The Morgan fingerprint density at radius 1 is 1.05 bits per heavy atom. The highest BCUT2D eigenvalue weighted by Crippen LogP contribution is 2.37. The van der Waals surface area contributed by atoms with Gasteiger partial charge < -0.3 is 9.47 Å². The lowest BCUT2D eigenvalue weighted by Gasteiger charge is -2.14. The van der Waals surface area contributed by atoms with Crippen LogP contribution >= 0.6 is 0 Å². The van der Waals surface area contributed by atoms with Gasteiger partial charge in [0, 0.05) is 17.2 Å². The lowest BCUT2D eigenvalue weighted by atomic mass is 9.98. The number of methoxy groups -OCH3 is 2. The number of ether oxygens (including phenoxy) is 2. The summed E-state index contributed by atoms with van der Waals surface area (Å²) in [7, 11) is 3.36. The lowest BCUT2D eigenvalue weighted by molar-refractivity contribution is 0.409. The van der Waals surface area contributed by atoms with Gasteiger partial charge in [-0.3, -0.25) is 0 Å². The smallest absolute Gasteiger partial charge is 0.134 e. The van der Waals surface area contributed by atoms with Gasteiger partial charge >= 0.3 is 0 Å². The van der Waals surface area contributed by atoms with Crippen LogP contribution in [0.1, 0.15) is 18.1 Å². The molecular formula is C17H19O2. The largest absolute Gasteiger partial charge is 0.496 e. The van der Waals surface area contributed by atoms with Gasteiger partial charge in [-0.25, -0.2) is 0 Å². The van der Waals surface area contributed by atoms with E-state index in [4.69, 9.17) is 9.47 Å². The van der Waals surface area contributed by atoms with Crippen molar-refractivity contribution in [2.24, 2.45) is 0 Å². The highest BCUT2D eigenvalue weighted by molar-refractivity contribution is 5.76. The number of benzene rings is 2. The minimum Gasteiger partial charge on any atom is -0.496 e. The van der Waals surface area contributed by atoms with Crippen molar-refractivity contribution < 1.29 is 9.47 Å². The van der Waals surface area contributed by atoms with Crippen molar-refractivity contribution in [1.29, 1.82) is 0 Å². The molecule has 0 saturated carbocycles. The second kappa shape index (κ2) is 5.79. The number of aryl methyl sites for hydroxylation is 2. The highest BCUT2D eigenvalue weighted by atomic mass is 16.5. The Kier molecular flexibility index (Phi) is 4.10. The van der Waals surface area contributed by atoms with Gasteiger partial charge in [-0.05, 0) is 43.2 Å². The molecule has 0 saturated heterocycles. The number of hydrogen-bond acceptors (Lipinski definition) is 2. The predicted molar refractivity (Wildman–Crippen MR) is 77.9 cm³/mol. The van der Waals surface area contributed by atoms with Crippen LogP contribution in [0.5, 0.6) is 11.5 Å². The van der Waals surface area contributed by atoms with E-state index in [1.54, 1.807) is 14.2 Å². The fourth-order valence-corrected chi connectivity index (χ4v) is 2.13. The molecule has 2 aromatic rings. The summed E-state index contributed by atoms with van der Waals surface area (Å²) < 4.78 is 10.9. The minimum absolute atomic E-state index is 0.751. The van der Waals surface area contributed by atoms with Crippen molar-refractivity contribution in [3.63, 3.8) is 0 Å². The van der Waals surface area contributed by atoms with E-state index in [-0.39, 0.29) is 0 Å². The second-order valence-corrected chi connectivity index (χ2v) is 4.51. The molecule has 0 heterocycles. The summed E-state index contributed by atoms with van der Waals surface area (Å²) in [4.78, 5) is 0. The van der Waals surface area contributed by atoms with Gasteiger partial charge in [0.15, 0.2) is 0 Å². The van der Waals surface area contributed by atoms with E-state index in [9.17, 15) is 0 Å². The van der Waals surface area contributed by atoms with E-state index in [0.717, 1.165) is 29.0 Å². The molecule has 2 rings (SSSR count). The topological polar surface area (TPSA) is 18.5 Å². The number of rotatable bonds is 4. The van der Waals surface area contributed by atoms with Crippen molar-refractivity contribution in [2.45, 2.75) is 20.3 Å². The molecular weight excluding hydrogens is 236 g/mol. The van der Waals surface area contributed by atoms with E-state index in [0.29, 0.717) is 0 Å². The van der Waals surface area contributed by atoms with Crippen LogP contribution in [-0.4, -0.2) is 14.2 Å². The minimum atomic E-state index is 0.751. The zero-order chi connectivity index (χ0) is 13.8. The van der Waals surface area contributed by atoms with Crippen LogP contribution in [0.4, 0.5) is 0 Å². The van der Waals surface area contributed by atoms with Crippen LogP contribution < -0.4 is 9.47 Å². The normalized spacial score (nSPS) is 10.3. The Labute approximate surface area is 115 Å². The SMILES string of the molecule is CCc1c[c]c(OC)c(-c2cc(C)ccc2OC)c1. The molecule has 0 aromatic heterocycles. The van der Waals surface area contributed by atoms with Crippen LogP contribution in [-0.2, 0) is 6.42 Å². The first-order valence-electron chi connectivity index (χ1n) is 6.43. The van der Waals surface area contributed by atoms with Gasteiger partial charge in [-0.2, -0.15) is 0 Å². The average molecular weight is 255 g/mol. The van der Waals surface area contributed by atoms with Gasteiger partial charge in [0.25, 0.3) is 0 Å². The summed E-state index contributed by atoms with van der Waals surface area (Å²) in [6.45, 7) is 4.20. The summed E-state index contributed by atoms with van der Waals surface area (Å²) >= 11 is 0. The predicted octanol–water partition coefficient (Wildman–Crippen LogP) is 4.04. The molecule has 0 aliphatic heterocycles. The second-order valence-electron chi connectivity index (χ2n) is 4.51. The van der Waals surface area contributed by atoms with Gasteiger partial charge in [-0.15, -0.1) is 0 Å². The first-order valence-corrected chi connectivity index (χ1v) is 6.43. The lowest BCUT2D eigenvalue weighted by Crippen LogP contribution is -1.94. The molecule has 0 bridgehead atoms. The van der Waals surface area contributed by atoms with Crippen molar-refractivity contribution in [2.75, 3.05) is 14.2 Å². The summed E-state index contributed by atoms with van der Waals surface area (Å²) in [5, 5.41) is 0. The van der Waals surface area contributed by atoms with Crippen molar-refractivity contribution in [1.82, 2.24) is 0 Å². The molecule has 0 atom stereocenters. The van der Waals surface area contributed by atoms with Gasteiger partial charge in [0.2, 0.25) is 0 Å². The Morgan fingerprint density at radius 2 is 1.84 bits per heavy atom. The van der Waals surface area contributed by atoms with Gasteiger partial charge in [0.1, 0.15) is 11.5 Å². The molecule has 2 nitrogen and oxygen atoms in total. The van der Waals surface area contributed by atoms with Crippen LogP contribution in [0.25, 0.3) is 11.1 Å². The molecule has 0 unspecified atom stereocenters. The molecule has 2 aromatic carbocycles. The molecule has 19 heavy (non-hydrogen) atoms. The fourth-order valence-electron chi connectivity index (χ4n) is 2.13. The van der Waals surface area contributed by atoms with Crippen molar-refractivity contribution in [3.8, 4) is 22.6 Å². The standard InChI is InChI=1S/C17H19O2/c1-5-13-7-9-17(19-4)15(11-13)14-10-12(2)6-8-16(14)18-3/h6-8,10-11H,5H2,1-4H3. The first kappa shape index (κ1) is 13.5. The van der Waals surface area contributed by atoms with Crippen LogP contribution in [0.2, 0.25) is 0 Å². The van der Waals surface area contributed by atoms with Crippen molar-refractivity contribution >= 4 is 0 Å². The Balaban J connectivity index is 2.65. The van der Waals surface area contributed by atoms with E-state index >= 15 is 0 Å². The van der Waals surface area contributed by atoms with Crippen molar-refractivity contribution in [3.05, 3.63) is 47.5 Å². The molecule has 0 fully saturated rings. The van der Waals surface area contributed by atoms with E-state index in [2.05, 4.69) is 32.0 Å². The molecule has 2 heteroatoms. The molecule has 0 amide bonds. The zero-order valence-electron chi connectivity index (χ0n) is 11.9. The van der Waals surface area contributed by atoms with Gasteiger partial charge in [0.05, 0.1) is 14.2 Å². The Hall–Kier alpha value is -1.96. The zero-order valence-corrected chi connectivity index (χ0v) is 11.9. The molecule has 0 aliphatic carbocycles. The monoisotopic (exact) mass is 255 g/mol. The van der Waals surface area contributed by atoms with Gasteiger partial charge in [-0.1, -0.05) is 18.6 Å². The van der Waals surface area contributed by atoms with Crippen LogP contribution in [0.15, 0.2) is 30.3 Å². The van der Waals surface area contributed by atoms with Crippen LogP contribution in [0.3, 0.4) is 0 Å². The average Bonchev–Trinajstić information content (AvgIpc) is 2.46. The highest BCUT2D eigenvalue weighted by Gasteiger charge is 2.12. The fraction of sp³-hybridized carbons (Fsp3) is 0.294. The van der Waals surface area contributed by atoms with E-state index in [1.807, 2.05) is 18.2 Å². The third-order valence-corrected chi connectivity index (χ3v) is 3.22. The maximum atomic E-state index is 5.46. The summed E-state index contributed by atoms with van der Waals surface area (Å²) in [6, 6.07) is 13.5. The summed E-state index contributed by atoms with van der Waals surface area (Å²) in [5.41, 5.74) is 4.51. The molecule has 0 aliphatic rings. The van der Waals surface area contributed by atoms with E-state index in [1.165, 1.54) is 11.1 Å². The van der Waals surface area contributed by atoms with Crippen LogP contribution in [0, 0.1) is 13.0 Å². The quantitative estimate of drug-likeness (QED) is 0.820. The van der Waals surface area contributed by atoms with E-state index < -0.39 is 0 Å². The molecule has 0 N–H and O–H groups in total. The first-order chi connectivity index (χ1) is 9.19. The molecule has 0 spiro atoms. The summed E-state index contributed by atoms with van der Waals surface area (Å²) in [6.07, 6.45) is 0.974. The number of hydrogen-bond donors (Lipinski definition) is 0. The maximum absolute atomic E-state index is 5.46. The third kappa shape index (κ3) is 2.73. The third-order valence-electron chi connectivity index (χ3n) is 3.22. The Morgan fingerprint density at radius 3 is 2.47 bits per heavy atom.